The standard InChI is InChI=1S/C13H19NO2/c1-9-6-10(2)13(11(3)7-9)14(4)8-12(15)16-5/h6-7H,8H2,1-5H3. The highest BCUT2D eigenvalue weighted by molar-refractivity contribution is 5.76. The average Bonchev–Trinajstić information content (AvgIpc) is 2.15. The van der Waals surface area contributed by atoms with Gasteiger partial charge in [0.05, 0.1) is 7.11 Å². The molecule has 16 heavy (non-hydrogen) atoms. The second-order valence-electron chi connectivity index (χ2n) is 4.18. The van der Waals surface area contributed by atoms with Crippen molar-refractivity contribution in [2.45, 2.75) is 20.8 Å². The van der Waals surface area contributed by atoms with E-state index in [2.05, 4.69) is 37.6 Å². The van der Waals surface area contributed by atoms with Crippen LogP contribution in [0.25, 0.3) is 0 Å². The number of hydrogen-bond donors (Lipinski definition) is 0. The third-order valence-electron chi connectivity index (χ3n) is 2.61. The second-order valence-corrected chi connectivity index (χ2v) is 4.18. The van der Waals surface area contributed by atoms with Crippen molar-refractivity contribution in [2.24, 2.45) is 0 Å². The zero-order valence-electron chi connectivity index (χ0n) is 10.6. The fraction of sp³-hybridized carbons (Fsp3) is 0.462. The molecule has 0 atom stereocenters. The van der Waals surface area contributed by atoms with Gasteiger partial charge in [0.15, 0.2) is 0 Å². The minimum absolute atomic E-state index is 0.220. The molecule has 3 nitrogen and oxygen atoms in total. The molecule has 0 saturated heterocycles. The van der Waals surface area contributed by atoms with E-state index >= 15 is 0 Å². The van der Waals surface area contributed by atoms with Crippen LogP contribution in [0.15, 0.2) is 12.1 Å². The Morgan fingerprint density at radius 3 is 2.19 bits per heavy atom. The predicted molar refractivity (Wildman–Crippen MR) is 65.9 cm³/mol. The van der Waals surface area contributed by atoms with Crippen LogP contribution in [-0.2, 0) is 9.53 Å². The van der Waals surface area contributed by atoms with Crippen LogP contribution in [0.5, 0.6) is 0 Å². The van der Waals surface area contributed by atoms with Gasteiger partial charge in [-0.1, -0.05) is 17.7 Å². The number of carbonyl (C=O) groups excluding carboxylic acids is 1. The predicted octanol–water partition coefficient (Wildman–Crippen LogP) is 2.22. The Morgan fingerprint density at radius 2 is 1.75 bits per heavy atom. The maximum absolute atomic E-state index is 11.2. The van der Waals surface area contributed by atoms with E-state index in [-0.39, 0.29) is 12.5 Å². The number of rotatable bonds is 3. The molecule has 0 aliphatic carbocycles. The topological polar surface area (TPSA) is 29.5 Å². The average molecular weight is 221 g/mol. The lowest BCUT2D eigenvalue weighted by Gasteiger charge is -2.22. The van der Waals surface area contributed by atoms with Crippen molar-refractivity contribution in [2.75, 3.05) is 25.6 Å². The molecule has 1 rings (SSSR count). The van der Waals surface area contributed by atoms with Crippen LogP contribution in [0.2, 0.25) is 0 Å². The van der Waals surface area contributed by atoms with Crippen LogP contribution in [0.3, 0.4) is 0 Å². The second kappa shape index (κ2) is 5.01. The van der Waals surface area contributed by atoms with Gasteiger partial charge in [0.2, 0.25) is 0 Å². The van der Waals surface area contributed by atoms with Gasteiger partial charge >= 0.3 is 5.97 Å². The Balaban J connectivity index is 2.99. The number of aryl methyl sites for hydroxylation is 3. The monoisotopic (exact) mass is 221 g/mol. The Morgan fingerprint density at radius 1 is 1.25 bits per heavy atom. The molecule has 0 fully saturated rings. The first-order valence-corrected chi connectivity index (χ1v) is 5.31. The number of esters is 1. The third kappa shape index (κ3) is 2.75. The largest absolute Gasteiger partial charge is 0.468 e. The first-order chi connectivity index (χ1) is 7.45. The van der Waals surface area contributed by atoms with Crippen molar-refractivity contribution in [1.29, 1.82) is 0 Å². The maximum atomic E-state index is 11.2. The zero-order valence-corrected chi connectivity index (χ0v) is 10.6. The van der Waals surface area contributed by atoms with E-state index in [0.29, 0.717) is 0 Å². The zero-order chi connectivity index (χ0) is 12.3. The van der Waals surface area contributed by atoms with Crippen molar-refractivity contribution >= 4 is 11.7 Å². The molecule has 0 radical (unpaired) electrons. The van der Waals surface area contributed by atoms with Crippen LogP contribution in [0.4, 0.5) is 5.69 Å². The molecule has 0 spiro atoms. The number of nitrogens with zero attached hydrogens (tertiary/aromatic N) is 1. The lowest BCUT2D eigenvalue weighted by Crippen LogP contribution is -2.27. The van der Waals surface area contributed by atoms with Gasteiger partial charge in [-0.05, 0) is 31.9 Å². The van der Waals surface area contributed by atoms with Crippen LogP contribution in [-0.4, -0.2) is 26.7 Å². The van der Waals surface area contributed by atoms with E-state index in [0.717, 1.165) is 5.69 Å². The van der Waals surface area contributed by atoms with Gasteiger partial charge in [-0.3, -0.25) is 4.79 Å². The van der Waals surface area contributed by atoms with E-state index in [1.165, 1.54) is 23.8 Å². The van der Waals surface area contributed by atoms with Crippen molar-refractivity contribution < 1.29 is 9.53 Å². The molecule has 88 valence electrons. The lowest BCUT2D eigenvalue weighted by atomic mass is 10.0. The van der Waals surface area contributed by atoms with Crippen molar-refractivity contribution in [3.05, 3.63) is 28.8 Å². The van der Waals surface area contributed by atoms with Gasteiger partial charge in [-0.15, -0.1) is 0 Å². The van der Waals surface area contributed by atoms with Crippen LogP contribution >= 0.6 is 0 Å². The van der Waals surface area contributed by atoms with Gasteiger partial charge in [0.25, 0.3) is 0 Å². The molecule has 0 heterocycles. The summed E-state index contributed by atoms with van der Waals surface area (Å²) in [6.45, 7) is 6.47. The molecular formula is C13H19NO2. The summed E-state index contributed by atoms with van der Waals surface area (Å²) < 4.78 is 4.67. The fourth-order valence-corrected chi connectivity index (χ4v) is 2.11. The van der Waals surface area contributed by atoms with Gasteiger partial charge in [-0.2, -0.15) is 0 Å². The number of methoxy groups -OCH3 is 1. The molecule has 0 amide bonds. The van der Waals surface area contributed by atoms with Gasteiger partial charge in [0, 0.05) is 12.7 Å². The molecule has 1 aromatic rings. The Bertz CT molecular complexity index is 376. The minimum Gasteiger partial charge on any atom is -0.468 e. The van der Waals surface area contributed by atoms with Crippen molar-refractivity contribution in [1.82, 2.24) is 0 Å². The van der Waals surface area contributed by atoms with E-state index in [9.17, 15) is 4.79 Å². The number of benzene rings is 1. The van der Waals surface area contributed by atoms with Gasteiger partial charge in [-0.25, -0.2) is 0 Å². The maximum Gasteiger partial charge on any atom is 0.325 e. The van der Waals surface area contributed by atoms with Crippen LogP contribution in [0.1, 0.15) is 16.7 Å². The summed E-state index contributed by atoms with van der Waals surface area (Å²) in [7, 11) is 3.31. The summed E-state index contributed by atoms with van der Waals surface area (Å²) >= 11 is 0. The van der Waals surface area contributed by atoms with E-state index in [1.807, 2.05) is 11.9 Å². The minimum atomic E-state index is -0.220. The summed E-state index contributed by atoms with van der Waals surface area (Å²) in [5.74, 6) is -0.220. The van der Waals surface area contributed by atoms with Gasteiger partial charge in [0.1, 0.15) is 6.54 Å². The van der Waals surface area contributed by atoms with Crippen LogP contribution < -0.4 is 4.90 Å². The molecule has 1 aromatic carbocycles. The highest BCUT2D eigenvalue weighted by atomic mass is 16.5. The molecular weight excluding hydrogens is 202 g/mol. The Hall–Kier alpha value is -1.51. The number of likely N-dealkylation sites (N-methyl/N-ethyl adjacent to an activating group) is 1. The van der Waals surface area contributed by atoms with Gasteiger partial charge < -0.3 is 9.64 Å². The summed E-state index contributed by atoms with van der Waals surface area (Å²) in [4.78, 5) is 13.1. The number of ether oxygens (including phenoxy) is 1. The van der Waals surface area contributed by atoms with E-state index in [4.69, 9.17) is 0 Å². The number of anilines is 1. The molecule has 0 aliphatic rings. The highest BCUT2D eigenvalue weighted by Crippen LogP contribution is 2.25. The first kappa shape index (κ1) is 12.6. The smallest absolute Gasteiger partial charge is 0.325 e. The van der Waals surface area contributed by atoms with Crippen LogP contribution in [0, 0.1) is 20.8 Å². The number of carbonyl (C=O) groups is 1. The molecule has 0 bridgehead atoms. The summed E-state index contributed by atoms with van der Waals surface area (Å²) in [5.41, 5.74) is 4.72. The SMILES string of the molecule is COC(=O)CN(C)c1c(C)cc(C)cc1C. The van der Waals surface area contributed by atoms with Crippen molar-refractivity contribution in [3.63, 3.8) is 0 Å². The summed E-state index contributed by atoms with van der Waals surface area (Å²) in [6, 6.07) is 4.24. The first-order valence-electron chi connectivity index (χ1n) is 5.31. The van der Waals surface area contributed by atoms with E-state index in [1.54, 1.807) is 0 Å². The van der Waals surface area contributed by atoms with Crippen molar-refractivity contribution in [3.8, 4) is 0 Å². The fourth-order valence-electron chi connectivity index (χ4n) is 2.11. The number of hydrogen-bond acceptors (Lipinski definition) is 3. The quantitative estimate of drug-likeness (QED) is 0.733. The Kier molecular flexibility index (Phi) is 3.93. The molecule has 0 unspecified atom stereocenters. The molecule has 3 heteroatoms. The molecule has 0 saturated carbocycles. The van der Waals surface area contributed by atoms with E-state index < -0.39 is 0 Å². The normalized spacial score (nSPS) is 10.1. The highest BCUT2D eigenvalue weighted by Gasteiger charge is 2.12. The summed E-state index contributed by atoms with van der Waals surface area (Å²) in [6.07, 6.45) is 0. The molecule has 0 aromatic heterocycles. The molecule has 0 aliphatic heterocycles. The lowest BCUT2D eigenvalue weighted by molar-refractivity contribution is -0.138. The third-order valence-corrected chi connectivity index (χ3v) is 2.61. The Labute approximate surface area is 97.0 Å². The molecule has 0 N–H and O–H groups in total. The summed E-state index contributed by atoms with van der Waals surface area (Å²) in [5, 5.41) is 0.